The molecule has 0 atom stereocenters. The first-order chi connectivity index (χ1) is 4.30. The summed E-state index contributed by atoms with van der Waals surface area (Å²) in [5.74, 6) is -0.919. The molecule has 0 fully saturated rings. The highest BCUT2D eigenvalue weighted by Crippen LogP contribution is 1.93. The number of aromatic nitrogens is 1. The third-order valence-electron chi connectivity index (χ3n) is 0.927. The van der Waals surface area contributed by atoms with Crippen molar-refractivity contribution in [3.63, 3.8) is 0 Å². The van der Waals surface area contributed by atoms with Gasteiger partial charge in [0.2, 0.25) is 0 Å². The Morgan fingerprint density at radius 1 is 1.40 bits per heavy atom. The van der Waals surface area contributed by atoms with Crippen LogP contribution in [0.3, 0.4) is 0 Å². The van der Waals surface area contributed by atoms with E-state index in [9.17, 15) is 4.79 Å². The summed E-state index contributed by atoms with van der Waals surface area (Å²) in [7, 11) is 0. The van der Waals surface area contributed by atoms with Crippen LogP contribution in [0.25, 0.3) is 0 Å². The molecule has 4 heteroatoms. The minimum absolute atomic E-state index is 0. The summed E-state index contributed by atoms with van der Waals surface area (Å²) in [6.07, 6.45) is 2.90. The van der Waals surface area contributed by atoms with Crippen molar-refractivity contribution in [1.82, 2.24) is 4.98 Å². The molecule has 0 saturated heterocycles. The van der Waals surface area contributed by atoms with E-state index in [0.29, 0.717) is 0 Å². The lowest BCUT2D eigenvalue weighted by atomic mass is 10.3. The Labute approximate surface area is 74.2 Å². The standard InChI is InChI=1S/C6H5NO2.Mg.2H/c8-6(9)5-1-3-7-4-2-5;;;/h1-4H,(H,8,9);;;. The van der Waals surface area contributed by atoms with E-state index >= 15 is 0 Å². The van der Waals surface area contributed by atoms with E-state index in [0.717, 1.165) is 0 Å². The first-order valence-corrected chi connectivity index (χ1v) is 2.44. The van der Waals surface area contributed by atoms with E-state index in [1.807, 2.05) is 0 Å². The maximum absolute atomic E-state index is 10.2. The Bertz CT molecular complexity index is 212. The van der Waals surface area contributed by atoms with Crippen LogP contribution >= 0.6 is 0 Å². The second-order valence-electron chi connectivity index (χ2n) is 1.54. The number of hydrogen-bond acceptors (Lipinski definition) is 2. The van der Waals surface area contributed by atoms with Crippen molar-refractivity contribution in [2.45, 2.75) is 0 Å². The molecule has 50 valence electrons. The SMILES string of the molecule is O=C(O)c1ccncc1.[MgH2]. The van der Waals surface area contributed by atoms with Gasteiger partial charge in [0.25, 0.3) is 0 Å². The fourth-order valence-corrected chi connectivity index (χ4v) is 0.494. The van der Waals surface area contributed by atoms with Gasteiger partial charge in [0, 0.05) is 12.4 Å². The smallest absolute Gasteiger partial charge is 0.335 e. The Balaban J connectivity index is 0.000000810. The Morgan fingerprint density at radius 3 is 2.20 bits per heavy atom. The molecule has 0 aliphatic heterocycles. The van der Waals surface area contributed by atoms with Gasteiger partial charge in [0.1, 0.15) is 0 Å². The summed E-state index contributed by atoms with van der Waals surface area (Å²) >= 11 is 0. The highest BCUT2D eigenvalue weighted by Gasteiger charge is 1.97. The number of aromatic carboxylic acids is 1. The third kappa shape index (κ3) is 2.32. The van der Waals surface area contributed by atoms with Gasteiger partial charge in [0.15, 0.2) is 0 Å². The normalized spacial score (nSPS) is 8.00. The summed E-state index contributed by atoms with van der Waals surface area (Å²) in [6.45, 7) is 0. The van der Waals surface area contributed by atoms with Gasteiger partial charge >= 0.3 is 29.0 Å². The largest absolute Gasteiger partial charge is 0.478 e. The Morgan fingerprint density at radius 2 is 1.90 bits per heavy atom. The van der Waals surface area contributed by atoms with Crippen LogP contribution in [0, 0.1) is 0 Å². The lowest BCUT2D eigenvalue weighted by Gasteiger charge is -1.87. The lowest BCUT2D eigenvalue weighted by molar-refractivity contribution is 0.0697. The first-order valence-electron chi connectivity index (χ1n) is 2.44. The molecule has 0 spiro atoms. The van der Waals surface area contributed by atoms with Gasteiger partial charge in [-0.2, -0.15) is 0 Å². The average Bonchev–Trinajstić information content (AvgIpc) is 1.90. The van der Waals surface area contributed by atoms with Crippen LogP contribution in [0.4, 0.5) is 0 Å². The molecule has 0 aromatic carbocycles. The van der Waals surface area contributed by atoms with E-state index in [-0.39, 0.29) is 28.6 Å². The molecular formula is C6H7MgNO2. The summed E-state index contributed by atoms with van der Waals surface area (Å²) in [4.78, 5) is 13.8. The Hall–Kier alpha value is -0.614. The zero-order valence-electron chi connectivity index (χ0n) is 4.61. The summed E-state index contributed by atoms with van der Waals surface area (Å²) < 4.78 is 0. The molecule has 1 rings (SSSR count). The monoisotopic (exact) mass is 149 g/mol. The minimum Gasteiger partial charge on any atom is -0.478 e. The topological polar surface area (TPSA) is 50.2 Å². The molecule has 0 aliphatic rings. The van der Waals surface area contributed by atoms with Crippen LogP contribution in [-0.2, 0) is 0 Å². The van der Waals surface area contributed by atoms with Crippen LogP contribution < -0.4 is 0 Å². The zero-order valence-corrected chi connectivity index (χ0v) is 4.61. The fraction of sp³-hybridized carbons (Fsp3) is 0. The van der Waals surface area contributed by atoms with Crippen molar-refractivity contribution < 1.29 is 9.90 Å². The molecule has 0 unspecified atom stereocenters. The number of carboxylic acid groups (broad SMARTS) is 1. The summed E-state index contributed by atoms with van der Waals surface area (Å²) in [5, 5.41) is 8.36. The van der Waals surface area contributed by atoms with E-state index in [4.69, 9.17) is 5.11 Å². The predicted molar refractivity (Wildman–Crippen MR) is 39.7 cm³/mol. The molecule has 3 nitrogen and oxygen atoms in total. The maximum atomic E-state index is 10.2. The second-order valence-corrected chi connectivity index (χ2v) is 1.54. The number of pyridine rings is 1. The lowest BCUT2D eigenvalue weighted by Crippen LogP contribution is -1.94. The quantitative estimate of drug-likeness (QED) is 0.566. The van der Waals surface area contributed by atoms with Crippen LogP contribution in [-0.4, -0.2) is 39.1 Å². The van der Waals surface area contributed by atoms with Crippen molar-refractivity contribution in [2.75, 3.05) is 0 Å². The molecule has 1 aromatic rings. The number of hydrogen-bond donors (Lipinski definition) is 1. The highest BCUT2D eigenvalue weighted by atomic mass is 24.3. The number of carboxylic acids is 1. The first kappa shape index (κ1) is 9.39. The molecule has 0 radical (unpaired) electrons. The van der Waals surface area contributed by atoms with E-state index in [1.54, 1.807) is 0 Å². The minimum atomic E-state index is -0.919. The second kappa shape index (κ2) is 4.24. The third-order valence-corrected chi connectivity index (χ3v) is 0.927. The van der Waals surface area contributed by atoms with E-state index in [2.05, 4.69) is 4.98 Å². The van der Waals surface area contributed by atoms with Crippen molar-refractivity contribution in [3.8, 4) is 0 Å². The average molecular weight is 149 g/mol. The molecule has 0 saturated carbocycles. The highest BCUT2D eigenvalue weighted by molar-refractivity contribution is 5.87. The van der Waals surface area contributed by atoms with Gasteiger partial charge in [-0.25, -0.2) is 4.79 Å². The van der Waals surface area contributed by atoms with Crippen LogP contribution in [0.1, 0.15) is 10.4 Å². The van der Waals surface area contributed by atoms with E-state index < -0.39 is 5.97 Å². The molecule has 0 aliphatic carbocycles. The van der Waals surface area contributed by atoms with Crippen LogP contribution in [0.5, 0.6) is 0 Å². The van der Waals surface area contributed by atoms with Crippen LogP contribution in [0.2, 0.25) is 0 Å². The van der Waals surface area contributed by atoms with Gasteiger partial charge in [-0.05, 0) is 12.1 Å². The van der Waals surface area contributed by atoms with Crippen molar-refractivity contribution >= 4 is 29.0 Å². The predicted octanol–water partition coefficient (Wildman–Crippen LogP) is -0.136. The Kier molecular flexibility index (Phi) is 3.98. The molecule has 1 N–H and O–H groups in total. The molecule has 1 aromatic heterocycles. The van der Waals surface area contributed by atoms with Gasteiger partial charge in [-0.3, -0.25) is 4.98 Å². The number of nitrogens with zero attached hydrogens (tertiary/aromatic N) is 1. The van der Waals surface area contributed by atoms with Gasteiger partial charge in [-0.1, -0.05) is 0 Å². The van der Waals surface area contributed by atoms with Gasteiger partial charge < -0.3 is 5.11 Å². The number of carbonyl (C=O) groups is 1. The fourth-order valence-electron chi connectivity index (χ4n) is 0.494. The van der Waals surface area contributed by atoms with Crippen molar-refractivity contribution in [3.05, 3.63) is 30.1 Å². The van der Waals surface area contributed by atoms with Crippen molar-refractivity contribution in [2.24, 2.45) is 0 Å². The summed E-state index contributed by atoms with van der Waals surface area (Å²) in [5.41, 5.74) is 0.269. The van der Waals surface area contributed by atoms with Crippen molar-refractivity contribution in [1.29, 1.82) is 0 Å². The van der Waals surface area contributed by atoms with Crippen LogP contribution in [0.15, 0.2) is 24.5 Å². The molecule has 10 heavy (non-hydrogen) atoms. The number of rotatable bonds is 1. The molecule has 0 amide bonds. The van der Waals surface area contributed by atoms with Gasteiger partial charge in [0.05, 0.1) is 5.56 Å². The maximum Gasteiger partial charge on any atom is 0.335 e. The zero-order chi connectivity index (χ0) is 6.69. The van der Waals surface area contributed by atoms with E-state index in [1.165, 1.54) is 24.5 Å². The van der Waals surface area contributed by atoms with Gasteiger partial charge in [-0.15, -0.1) is 0 Å². The molecule has 1 heterocycles. The molecule has 0 bridgehead atoms. The molecular weight excluding hydrogens is 142 g/mol. The summed E-state index contributed by atoms with van der Waals surface area (Å²) in [6, 6.07) is 2.89.